The van der Waals surface area contributed by atoms with Gasteiger partial charge in [-0.1, -0.05) is 79.5 Å². The largest absolute Gasteiger partial charge is 0.449 e. The summed E-state index contributed by atoms with van der Waals surface area (Å²) >= 11 is 0. The molecule has 60 heavy (non-hydrogen) atoms. The van der Waals surface area contributed by atoms with Crippen molar-refractivity contribution >= 4 is 41.4 Å². The Morgan fingerprint density at radius 1 is 0.800 bits per heavy atom. The monoisotopic (exact) mass is 845 g/mol. The molecular weight excluding hydrogens is 776 g/mol. The number of nitrogens with one attached hydrogen (secondary N) is 4. The fourth-order valence-corrected chi connectivity index (χ4v) is 6.93. The highest BCUT2D eigenvalue weighted by molar-refractivity contribution is 5.96. The van der Waals surface area contributed by atoms with Crippen LogP contribution in [0, 0.1) is 29.5 Å². The summed E-state index contributed by atoms with van der Waals surface area (Å²) in [7, 11) is 2.75. The van der Waals surface area contributed by atoms with Crippen molar-refractivity contribution < 1.29 is 47.8 Å². The summed E-state index contributed by atoms with van der Waals surface area (Å²) in [4.78, 5) is 98.1. The molecule has 1 heterocycles. The van der Waals surface area contributed by atoms with Crippen LogP contribution in [0.3, 0.4) is 0 Å². The molecule has 0 fully saturated rings. The highest BCUT2D eigenvalue weighted by Crippen LogP contribution is 2.23. The average molecular weight is 845 g/mol. The zero-order valence-corrected chi connectivity index (χ0v) is 37.5. The first-order valence-electron chi connectivity index (χ1n) is 21.0. The molecule has 0 spiro atoms. The lowest BCUT2D eigenvalue weighted by atomic mass is 9.84. The number of hydrogen-bond donors (Lipinski definition) is 5. The Bertz CT molecular complexity index is 1690. The summed E-state index contributed by atoms with van der Waals surface area (Å²) in [6, 6.07) is 0.327. The van der Waals surface area contributed by atoms with Gasteiger partial charge in [0.15, 0.2) is 6.10 Å². The number of carbonyl (C=O) groups excluding carboxylic acids is 7. The van der Waals surface area contributed by atoms with Gasteiger partial charge in [0.1, 0.15) is 30.0 Å². The molecule has 0 saturated heterocycles. The second-order valence-corrected chi connectivity index (χ2v) is 16.9. The van der Waals surface area contributed by atoms with Gasteiger partial charge in [0, 0.05) is 38.0 Å². The first-order valence-corrected chi connectivity index (χ1v) is 21.0. The Labute approximate surface area is 355 Å². The molecule has 1 aromatic carbocycles. The minimum atomic E-state index is -1.28. The highest BCUT2D eigenvalue weighted by Gasteiger charge is 2.36. The van der Waals surface area contributed by atoms with E-state index in [2.05, 4.69) is 21.3 Å². The molecule has 1 aliphatic heterocycles. The number of aliphatic hydroxyl groups is 1. The van der Waals surface area contributed by atoms with Crippen molar-refractivity contribution in [2.24, 2.45) is 23.7 Å². The molecule has 0 aromatic heterocycles. The summed E-state index contributed by atoms with van der Waals surface area (Å²) in [5.41, 5.74) is 0.655. The van der Waals surface area contributed by atoms with Crippen molar-refractivity contribution in [1.29, 1.82) is 0 Å². The van der Waals surface area contributed by atoms with Crippen LogP contribution in [-0.2, 0) is 44.7 Å². The number of carbonyl (C=O) groups is 7. The van der Waals surface area contributed by atoms with E-state index in [0.717, 1.165) is 9.80 Å². The van der Waals surface area contributed by atoms with Gasteiger partial charge < -0.3 is 40.9 Å². The van der Waals surface area contributed by atoms with Crippen molar-refractivity contribution in [2.75, 3.05) is 20.6 Å². The number of likely N-dealkylation sites (N-methyl/N-ethyl adjacent to an activating group) is 2. The van der Waals surface area contributed by atoms with Crippen molar-refractivity contribution in [3.05, 3.63) is 47.3 Å². The van der Waals surface area contributed by atoms with Crippen molar-refractivity contribution in [1.82, 2.24) is 31.1 Å². The third-order valence-corrected chi connectivity index (χ3v) is 11.4. The van der Waals surface area contributed by atoms with Crippen LogP contribution < -0.4 is 21.3 Å². The van der Waals surface area contributed by atoms with E-state index in [1.54, 1.807) is 13.8 Å². The summed E-state index contributed by atoms with van der Waals surface area (Å²) in [6.07, 6.45) is 0.464. The maximum absolute atomic E-state index is 14.1. The summed E-state index contributed by atoms with van der Waals surface area (Å²) in [5, 5.41) is 22.3. The highest BCUT2D eigenvalue weighted by atomic mass is 19.1. The van der Waals surface area contributed by atoms with Crippen LogP contribution in [0.25, 0.3) is 0 Å². The number of aliphatic hydroxyl groups excluding tert-OH is 1. The van der Waals surface area contributed by atoms with Crippen LogP contribution in [0.5, 0.6) is 0 Å². The maximum atomic E-state index is 14.1. The van der Waals surface area contributed by atoms with Crippen LogP contribution in [0.2, 0.25) is 0 Å². The van der Waals surface area contributed by atoms with Crippen LogP contribution in [0.1, 0.15) is 100 Å². The van der Waals surface area contributed by atoms with Crippen molar-refractivity contribution in [3.8, 4) is 0 Å². The molecule has 6 amide bonds. The zero-order chi connectivity index (χ0) is 45.6. The van der Waals surface area contributed by atoms with Crippen molar-refractivity contribution in [2.45, 2.75) is 144 Å². The molecule has 5 N–H and O–H groups in total. The standard InChI is InChI=1S/C44H69FN6O9/c1-13-25(5)37-28(8)34(52)20-15-27(7)44(59)60-35(21-24(3)4)40(55)47-30(10)42(57)51(12)33(22-31-16-18-32(45)19-17-31)43(58)50(11)23-36(53)48-38(26(6)14-2)41(56)46-29(9)39(54)49-37/h15-19,24-26,28-30,33-35,37-38,52H,13-14,20-23H2,1-12H3,(H,46,56)(H,47,55)(H,48,53)(H,49,54)/b27-15+/t25-,26?,28-,29+,30-,33+,34-,35+,37+,38?/m0/s1. The quantitative estimate of drug-likeness (QED) is 0.244. The van der Waals surface area contributed by atoms with E-state index in [4.69, 9.17) is 4.74 Å². The Morgan fingerprint density at radius 3 is 1.95 bits per heavy atom. The lowest BCUT2D eigenvalue weighted by molar-refractivity contribution is -0.154. The first-order chi connectivity index (χ1) is 28.0. The lowest BCUT2D eigenvalue weighted by Gasteiger charge is -2.34. The van der Waals surface area contributed by atoms with E-state index in [-0.39, 0.29) is 42.6 Å². The predicted molar refractivity (Wildman–Crippen MR) is 225 cm³/mol. The molecule has 10 atom stereocenters. The van der Waals surface area contributed by atoms with Gasteiger partial charge in [0.25, 0.3) is 5.91 Å². The topological polar surface area (TPSA) is 204 Å². The molecule has 0 saturated carbocycles. The molecule has 15 nitrogen and oxygen atoms in total. The zero-order valence-electron chi connectivity index (χ0n) is 37.5. The summed E-state index contributed by atoms with van der Waals surface area (Å²) in [6.45, 7) is 16.9. The summed E-state index contributed by atoms with van der Waals surface area (Å²) in [5.74, 6) is -6.18. The van der Waals surface area contributed by atoms with Crippen LogP contribution in [0.4, 0.5) is 4.39 Å². The number of halogens is 1. The van der Waals surface area contributed by atoms with Gasteiger partial charge >= 0.3 is 5.97 Å². The Hall–Kier alpha value is -4.86. The fourth-order valence-electron chi connectivity index (χ4n) is 6.93. The smallest absolute Gasteiger partial charge is 0.334 e. The normalized spacial score (nSPS) is 28.8. The molecule has 2 unspecified atom stereocenters. The number of amides is 6. The van der Waals surface area contributed by atoms with Gasteiger partial charge in [-0.15, -0.1) is 0 Å². The van der Waals surface area contributed by atoms with E-state index >= 15 is 0 Å². The molecular formula is C44H69FN6O9. The Kier molecular flexibility index (Phi) is 20.3. The fraction of sp³-hybridized carbons (Fsp3) is 0.659. The van der Waals surface area contributed by atoms with Crippen LogP contribution in [0.15, 0.2) is 35.9 Å². The third kappa shape index (κ3) is 15.0. The van der Waals surface area contributed by atoms with Gasteiger partial charge in [-0.05, 0) is 69.1 Å². The van der Waals surface area contributed by atoms with E-state index in [9.17, 15) is 43.1 Å². The van der Waals surface area contributed by atoms with Gasteiger partial charge in [-0.3, -0.25) is 28.8 Å². The number of rotatable bonds is 8. The van der Waals surface area contributed by atoms with Gasteiger partial charge in [-0.25, -0.2) is 9.18 Å². The van der Waals surface area contributed by atoms with Gasteiger partial charge in [0.2, 0.25) is 29.5 Å². The minimum absolute atomic E-state index is 0.0272. The number of cyclic esters (lactones) is 1. The predicted octanol–water partition coefficient (Wildman–Crippen LogP) is 3.03. The minimum Gasteiger partial charge on any atom is -0.449 e. The van der Waals surface area contributed by atoms with E-state index in [1.807, 2.05) is 34.6 Å². The SMILES string of the molecule is CCC(C)C1NC(=O)CN(C)C(=O)[C@@H](Cc2ccc(F)cc2)N(C)C(=O)[C@H](C)NC(=O)[C@@H](CC(C)C)OC(=O)/C(C)=C/C[C@H](O)[C@H](C)[C@@H]([C@@H](C)CC)NC(=O)[C@@H](C)NC1=O. The molecule has 0 bridgehead atoms. The van der Waals surface area contributed by atoms with E-state index in [1.165, 1.54) is 65.2 Å². The van der Waals surface area contributed by atoms with E-state index < -0.39 is 102 Å². The Balaban J connectivity index is 2.62. The molecule has 2 rings (SSSR count). The lowest BCUT2D eigenvalue weighted by Crippen LogP contribution is -2.58. The van der Waals surface area contributed by atoms with Gasteiger partial charge in [-0.2, -0.15) is 0 Å². The second-order valence-electron chi connectivity index (χ2n) is 16.9. The summed E-state index contributed by atoms with van der Waals surface area (Å²) < 4.78 is 19.5. The number of benzene rings is 1. The molecule has 16 heteroatoms. The van der Waals surface area contributed by atoms with Crippen molar-refractivity contribution in [3.63, 3.8) is 0 Å². The number of nitrogens with zero attached hydrogens (tertiary/aromatic N) is 2. The number of esters is 1. The molecule has 0 radical (unpaired) electrons. The molecule has 336 valence electrons. The first kappa shape index (κ1) is 51.3. The third-order valence-electron chi connectivity index (χ3n) is 11.4. The van der Waals surface area contributed by atoms with E-state index in [0.29, 0.717) is 18.4 Å². The van der Waals surface area contributed by atoms with Gasteiger partial charge in [0.05, 0.1) is 12.6 Å². The average Bonchev–Trinajstić information content (AvgIpc) is 3.20. The Morgan fingerprint density at radius 2 is 1.38 bits per heavy atom. The van der Waals surface area contributed by atoms with Crippen LogP contribution >= 0.6 is 0 Å². The molecule has 1 aliphatic rings. The second kappa shape index (κ2) is 23.8. The number of ether oxygens (including phenoxy) is 1. The number of hydrogen-bond acceptors (Lipinski definition) is 9. The molecule has 0 aliphatic carbocycles. The maximum Gasteiger partial charge on any atom is 0.334 e. The molecule has 1 aromatic rings. The van der Waals surface area contributed by atoms with Crippen LogP contribution in [-0.4, -0.2) is 119 Å².